The third-order valence-electron chi connectivity index (χ3n) is 3.53. The third kappa shape index (κ3) is 2.57. The highest BCUT2D eigenvalue weighted by Gasteiger charge is 2.23. The molecule has 0 aliphatic carbocycles. The lowest BCUT2D eigenvalue weighted by Crippen LogP contribution is -2.40. The summed E-state index contributed by atoms with van der Waals surface area (Å²) in [7, 11) is 0. The van der Waals surface area contributed by atoms with Crippen molar-refractivity contribution in [3.63, 3.8) is 0 Å². The van der Waals surface area contributed by atoms with Gasteiger partial charge in [-0.15, -0.1) is 0 Å². The number of likely N-dealkylation sites (tertiary alicyclic amines) is 1. The molecular weight excluding hydrogens is 216 g/mol. The van der Waals surface area contributed by atoms with E-state index >= 15 is 0 Å². The number of aromatic amines is 1. The van der Waals surface area contributed by atoms with E-state index in [0.29, 0.717) is 0 Å². The van der Waals surface area contributed by atoms with Gasteiger partial charge in [0, 0.05) is 31.5 Å². The van der Waals surface area contributed by atoms with Gasteiger partial charge in [0.05, 0.1) is 0 Å². The van der Waals surface area contributed by atoms with Crippen molar-refractivity contribution in [1.82, 2.24) is 9.88 Å². The second kappa shape index (κ2) is 5.17. The van der Waals surface area contributed by atoms with Crippen molar-refractivity contribution in [2.24, 2.45) is 5.92 Å². The second-order valence-corrected chi connectivity index (χ2v) is 4.57. The van der Waals surface area contributed by atoms with E-state index in [4.69, 9.17) is 0 Å². The molecule has 1 amide bonds. The van der Waals surface area contributed by atoms with Crippen LogP contribution in [-0.4, -0.2) is 28.9 Å². The van der Waals surface area contributed by atoms with Crippen molar-refractivity contribution in [2.75, 3.05) is 13.1 Å². The van der Waals surface area contributed by atoms with Crippen molar-refractivity contribution in [2.45, 2.75) is 26.2 Å². The molecule has 1 fully saturated rings. The highest BCUT2D eigenvalue weighted by Crippen LogP contribution is 2.20. The molecule has 0 spiro atoms. The average molecular weight is 234 g/mol. The van der Waals surface area contributed by atoms with Crippen LogP contribution in [0, 0.1) is 5.92 Å². The molecule has 1 aliphatic heterocycles. The Morgan fingerprint density at radius 1 is 1.47 bits per heavy atom. The van der Waals surface area contributed by atoms with Crippen molar-refractivity contribution in [3.8, 4) is 0 Å². The van der Waals surface area contributed by atoms with Gasteiger partial charge in [-0.05, 0) is 18.8 Å². The van der Waals surface area contributed by atoms with Crippen LogP contribution in [0.3, 0.4) is 0 Å². The number of aromatic nitrogens is 1. The van der Waals surface area contributed by atoms with E-state index in [0.717, 1.165) is 31.8 Å². The van der Waals surface area contributed by atoms with Gasteiger partial charge in [-0.3, -0.25) is 9.59 Å². The summed E-state index contributed by atoms with van der Waals surface area (Å²) in [5, 5.41) is 0. The maximum Gasteiger partial charge on any atom is 0.259 e. The fourth-order valence-corrected chi connectivity index (χ4v) is 2.30. The van der Waals surface area contributed by atoms with Crippen LogP contribution in [-0.2, 0) is 0 Å². The van der Waals surface area contributed by atoms with E-state index in [9.17, 15) is 9.59 Å². The summed E-state index contributed by atoms with van der Waals surface area (Å²) < 4.78 is 0. The van der Waals surface area contributed by atoms with Crippen LogP contribution >= 0.6 is 0 Å². The molecule has 1 aromatic heterocycles. The summed E-state index contributed by atoms with van der Waals surface area (Å²) in [5.41, 5.74) is 0.0498. The fraction of sp³-hybridized carbons (Fsp3) is 0.538. The molecule has 2 rings (SSSR count). The summed E-state index contributed by atoms with van der Waals surface area (Å²) in [6.45, 7) is 3.72. The van der Waals surface area contributed by atoms with E-state index in [1.807, 2.05) is 0 Å². The monoisotopic (exact) mass is 234 g/mol. The number of hydrogen-bond acceptors (Lipinski definition) is 2. The lowest BCUT2D eigenvalue weighted by Gasteiger charge is -2.31. The van der Waals surface area contributed by atoms with Gasteiger partial charge in [-0.1, -0.05) is 13.3 Å². The molecule has 1 aromatic rings. The van der Waals surface area contributed by atoms with E-state index < -0.39 is 0 Å². The van der Waals surface area contributed by atoms with Crippen LogP contribution in [0.2, 0.25) is 0 Å². The summed E-state index contributed by atoms with van der Waals surface area (Å²) in [5.74, 6) is 0.592. The largest absolute Gasteiger partial charge is 0.367 e. The number of piperidine rings is 1. The fourth-order valence-electron chi connectivity index (χ4n) is 2.30. The van der Waals surface area contributed by atoms with Crippen LogP contribution in [0.15, 0.2) is 23.3 Å². The molecule has 4 nitrogen and oxygen atoms in total. The summed E-state index contributed by atoms with van der Waals surface area (Å²) in [4.78, 5) is 28.3. The number of amides is 1. The Hall–Kier alpha value is -1.58. The van der Waals surface area contributed by atoms with Crippen LogP contribution in [0.4, 0.5) is 0 Å². The maximum atomic E-state index is 12.1. The number of nitrogens with one attached hydrogen (secondary N) is 1. The SMILES string of the molecule is CCC1CCN(C(=O)c2c[nH]ccc2=O)CC1. The Balaban J connectivity index is 2.07. The van der Waals surface area contributed by atoms with E-state index in [2.05, 4.69) is 11.9 Å². The number of nitrogens with zero attached hydrogens (tertiary/aromatic N) is 1. The zero-order valence-electron chi connectivity index (χ0n) is 10.1. The molecule has 0 unspecified atom stereocenters. The van der Waals surface area contributed by atoms with E-state index in [-0.39, 0.29) is 16.9 Å². The minimum absolute atomic E-state index is 0.138. The number of hydrogen-bond donors (Lipinski definition) is 1. The van der Waals surface area contributed by atoms with Crippen LogP contribution < -0.4 is 5.43 Å². The molecule has 0 atom stereocenters. The molecule has 0 bridgehead atoms. The van der Waals surface area contributed by atoms with Gasteiger partial charge < -0.3 is 9.88 Å². The minimum atomic E-state index is -0.202. The Morgan fingerprint density at radius 2 is 2.18 bits per heavy atom. The first kappa shape index (κ1) is 11.9. The minimum Gasteiger partial charge on any atom is -0.367 e. The van der Waals surface area contributed by atoms with Gasteiger partial charge >= 0.3 is 0 Å². The quantitative estimate of drug-likeness (QED) is 0.845. The first-order valence-corrected chi connectivity index (χ1v) is 6.18. The predicted octanol–water partition coefficient (Wildman–Crippen LogP) is 1.64. The van der Waals surface area contributed by atoms with Crippen LogP contribution in [0.5, 0.6) is 0 Å². The number of rotatable bonds is 2. The topological polar surface area (TPSA) is 53.2 Å². The van der Waals surface area contributed by atoms with Crippen molar-refractivity contribution in [3.05, 3.63) is 34.2 Å². The van der Waals surface area contributed by atoms with Crippen molar-refractivity contribution in [1.29, 1.82) is 0 Å². The normalized spacial score (nSPS) is 17.1. The molecule has 4 heteroatoms. The molecule has 0 radical (unpaired) electrons. The van der Waals surface area contributed by atoms with Gasteiger partial charge in [0.25, 0.3) is 5.91 Å². The Labute approximate surface area is 101 Å². The van der Waals surface area contributed by atoms with Crippen molar-refractivity contribution < 1.29 is 4.79 Å². The molecule has 1 N–H and O–H groups in total. The third-order valence-corrected chi connectivity index (χ3v) is 3.53. The lowest BCUT2D eigenvalue weighted by molar-refractivity contribution is 0.0687. The smallest absolute Gasteiger partial charge is 0.259 e. The first-order chi connectivity index (χ1) is 8.22. The van der Waals surface area contributed by atoms with Gasteiger partial charge in [-0.2, -0.15) is 0 Å². The number of carbonyl (C=O) groups is 1. The molecule has 0 saturated carbocycles. The highest BCUT2D eigenvalue weighted by atomic mass is 16.2. The Morgan fingerprint density at radius 3 is 2.76 bits per heavy atom. The van der Waals surface area contributed by atoms with Gasteiger partial charge in [0.1, 0.15) is 5.56 Å². The highest BCUT2D eigenvalue weighted by molar-refractivity contribution is 5.93. The molecule has 17 heavy (non-hydrogen) atoms. The first-order valence-electron chi connectivity index (χ1n) is 6.18. The summed E-state index contributed by atoms with van der Waals surface area (Å²) >= 11 is 0. The van der Waals surface area contributed by atoms with E-state index in [1.54, 1.807) is 11.1 Å². The van der Waals surface area contributed by atoms with Gasteiger partial charge in [-0.25, -0.2) is 0 Å². The lowest BCUT2D eigenvalue weighted by atomic mass is 9.94. The maximum absolute atomic E-state index is 12.1. The number of carbonyl (C=O) groups excluding carboxylic acids is 1. The molecule has 1 aliphatic rings. The van der Waals surface area contributed by atoms with Crippen LogP contribution in [0.1, 0.15) is 36.5 Å². The predicted molar refractivity (Wildman–Crippen MR) is 66.0 cm³/mol. The zero-order valence-corrected chi connectivity index (χ0v) is 10.1. The Bertz CT molecular complexity index is 445. The zero-order chi connectivity index (χ0) is 12.3. The molecular formula is C13H18N2O2. The van der Waals surface area contributed by atoms with E-state index in [1.165, 1.54) is 18.7 Å². The summed E-state index contributed by atoms with van der Waals surface area (Å²) in [6.07, 6.45) is 6.31. The molecule has 2 heterocycles. The van der Waals surface area contributed by atoms with Gasteiger partial charge in [0.15, 0.2) is 5.43 Å². The number of pyridine rings is 1. The molecule has 0 aromatic carbocycles. The second-order valence-electron chi connectivity index (χ2n) is 4.57. The Kier molecular flexibility index (Phi) is 3.61. The van der Waals surface area contributed by atoms with Gasteiger partial charge in [0.2, 0.25) is 0 Å². The number of H-pyrrole nitrogens is 1. The molecule has 1 saturated heterocycles. The average Bonchev–Trinajstić information content (AvgIpc) is 2.39. The molecule has 92 valence electrons. The van der Waals surface area contributed by atoms with Crippen LogP contribution in [0.25, 0.3) is 0 Å². The van der Waals surface area contributed by atoms with Crippen molar-refractivity contribution >= 4 is 5.91 Å². The summed E-state index contributed by atoms with van der Waals surface area (Å²) in [6, 6.07) is 1.39. The standard InChI is InChI=1S/C13H18N2O2/c1-2-10-4-7-15(8-5-10)13(17)11-9-14-6-3-12(11)16/h3,6,9-10H,2,4-5,7-8H2,1H3,(H,14,16).